The molecule has 1 aliphatic heterocycles. The maximum atomic E-state index is 11.5. The molecular weight excluding hydrogens is 500 g/mol. The van der Waals surface area contributed by atoms with Gasteiger partial charge < -0.3 is 29.6 Å². The largest absolute Gasteiger partial charge is 0.493 e. The lowest BCUT2D eigenvalue weighted by molar-refractivity contribution is -0.0371. The maximum absolute atomic E-state index is 11.5. The Morgan fingerprint density at radius 1 is 0.850 bits per heavy atom. The van der Waals surface area contributed by atoms with Gasteiger partial charge in [-0.3, -0.25) is 0 Å². The SMILES string of the molecule is O[C@H](COc1cccc2[nH]ccc12)CN1CCC(O)(c2ccc3cc(OCCc4ccccc4)ccc3c2)CC1. The summed E-state index contributed by atoms with van der Waals surface area (Å²) in [5.41, 5.74) is 2.35. The smallest absolute Gasteiger partial charge is 0.128 e. The molecule has 0 unspecified atom stereocenters. The highest BCUT2D eigenvalue weighted by Gasteiger charge is 2.34. The maximum Gasteiger partial charge on any atom is 0.128 e. The van der Waals surface area contributed by atoms with Crippen molar-refractivity contribution in [1.82, 2.24) is 9.88 Å². The fourth-order valence-corrected chi connectivity index (χ4v) is 5.65. The molecule has 5 aromatic rings. The van der Waals surface area contributed by atoms with Crippen molar-refractivity contribution in [2.45, 2.75) is 31.0 Å². The van der Waals surface area contributed by atoms with Crippen molar-refractivity contribution >= 4 is 21.7 Å². The lowest BCUT2D eigenvalue weighted by atomic mass is 9.83. The second-order valence-corrected chi connectivity index (χ2v) is 10.8. The van der Waals surface area contributed by atoms with Crippen molar-refractivity contribution in [1.29, 1.82) is 0 Å². The minimum Gasteiger partial charge on any atom is -0.493 e. The number of hydrogen-bond acceptors (Lipinski definition) is 5. The van der Waals surface area contributed by atoms with E-state index in [0.717, 1.165) is 45.2 Å². The Balaban J connectivity index is 1.01. The van der Waals surface area contributed by atoms with Crippen LogP contribution in [0.3, 0.4) is 0 Å². The van der Waals surface area contributed by atoms with Crippen LogP contribution in [0, 0.1) is 0 Å². The summed E-state index contributed by atoms with van der Waals surface area (Å²) in [5, 5.41) is 25.4. The summed E-state index contributed by atoms with van der Waals surface area (Å²) in [7, 11) is 0. The van der Waals surface area contributed by atoms with Gasteiger partial charge in [0.15, 0.2) is 0 Å². The number of piperidine rings is 1. The van der Waals surface area contributed by atoms with Gasteiger partial charge in [-0.15, -0.1) is 0 Å². The molecule has 0 amide bonds. The van der Waals surface area contributed by atoms with Crippen LogP contribution in [-0.4, -0.2) is 59.0 Å². The van der Waals surface area contributed by atoms with E-state index in [1.165, 1.54) is 5.56 Å². The molecule has 3 N–H and O–H groups in total. The second-order valence-electron chi connectivity index (χ2n) is 10.8. The van der Waals surface area contributed by atoms with Crippen LogP contribution in [0.15, 0.2) is 97.2 Å². The van der Waals surface area contributed by atoms with Crippen LogP contribution in [0.2, 0.25) is 0 Å². The molecule has 206 valence electrons. The number of rotatable bonds is 10. The lowest BCUT2D eigenvalue weighted by Crippen LogP contribution is -2.46. The Bertz CT molecular complexity index is 1560. The molecular formula is C34H36N2O4. The topological polar surface area (TPSA) is 78.0 Å². The van der Waals surface area contributed by atoms with Gasteiger partial charge in [0, 0.05) is 43.2 Å². The highest BCUT2D eigenvalue weighted by molar-refractivity contribution is 5.86. The van der Waals surface area contributed by atoms with E-state index in [9.17, 15) is 10.2 Å². The number of aromatic nitrogens is 1. The Hall–Kier alpha value is -3.84. The molecule has 0 radical (unpaired) electrons. The van der Waals surface area contributed by atoms with Crippen LogP contribution in [-0.2, 0) is 12.0 Å². The lowest BCUT2D eigenvalue weighted by Gasteiger charge is -2.39. The first-order valence-electron chi connectivity index (χ1n) is 14.1. The van der Waals surface area contributed by atoms with Crippen LogP contribution in [0.1, 0.15) is 24.0 Å². The number of benzene rings is 4. The Morgan fingerprint density at radius 3 is 2.50 bits per heavy atom. The Labute approximate surface area is 234 Å². The summed E-state index contributed by atoms with van der Waals surface area (Å²) in [6.07, 6.45) is 3.39. The molecule has 40 heavy (non-hydrogen) atoms. The summed E-state index contributed by atoms with van der Waals surface area (Å²) in [4.78, 5) is 5.39. The van der Waals surface area contributed by atoms with E-state index >= 15 is 0 Å². The molecule has 2 heterocycles. The molecule has 1 aliphatic rings. The fraction of sp³-hybridized carbons (Fsp3) is 0.294. The molecule has 1 saturated heterocycles. The summed E-state index contributed by atoms with van der Waals surface area (Å²) in [6, 6.07) is 30.6. The number of likely N-dealkylation sites (tertiary alicyclic amines) is 1. The van der Waals surface area contributed by atoms with Crippen molar-refractivity contribution in [2.75, 3.05) is 32.8 Å². The highest BCUT2D eigenvalue weighted by atomic mass is 16.5. The second kappa shape index (κ2) is 11.7. The molecule has 1 fully saturated rings. The molecule has 0 aliphatic carbocycles. The van der Waals surface area contributed by atoms with E-state index in [2.05, 4.69) is 46.3 Å². The quantitative estimate of drug-likeness (QED) is 0.215. The minimum absolute atomic E-state index is 0.230. The number of H-pyrrole nitrogens is 1. The van der Waals surface area contributed by atoms with Crippen LogP contribution in [0.25, 0.3) is 21.7 Å². The number of aliphatic hydroxyl groups excluding tert-OH is 1. The zero-order chi connectivity index (χ0) is 27.4. The number of β-amino-alcohol motifs (C(OH)–C–C–N with tert-alkyl or cyclic N) is 1. The molecule has 0 bridgehead atoms. The van der Waals surface area contributed by atoms with Crippen LogP contribution >= 0.6 is 0 Å². The zero-order valence-corrected chi connectivity index (χ0v) is 22.6. The zero-order valence-electron chi connectivity index (χ0n) is 22.6. The number of aromatic amines is 1. The van der Waals surface area contributed by atoms with Gasteiger partial charge in [0.1, 0.15) is 24.2 Å². The summed E-state index contributed by atoms with van der Waals surface area (Å²) >= 11 is 0. The van der Waals surface area contributed by atoms with Crippen molar-refractivity contribution in [2.24, 2.45) is 0 Å². The monoisotopic (exact) mass is 536 g/mol. The van der Waals surface area contributed by atoms with E-state index in [1.54, 1.807) is 0 Å². The van der Waals surface area contributed by atoms with E-state index in [1.807, 2.05) is 60.8 Å². The van der Waals surface area contributed by atoms with Crippen LogP contribution in [0.5, 0.6) is 11.5 Å². The Kier molecular flexibility index (Phi) is 7.73. The first-order valence-corrected chi connectivity index (χ1v) is 14.1. The number of nitrogens with zero attached hydrogens (tertiary/aromatic N) is 1. The first kappa shape index (κ1) is 26.4. The molecule has 1 atom stereocenters. The molecule has 0 saturated carbocycles. The van der Waals surface area contributed by atoms with Gasteiger partial charge in [0.25, 0.3) is 0 Å². The molecule has 6 heteroatoms. The van der Waals surface area contributed by atoms with Crippen molar-refractivity contribution < 1.29 is 19.7 Å². The number of aliphatic hydroxyl groups is 2. The summed E-state index contributed by atoms with van der Waals surface area (Å²) < 4.78 is 11.9. The average molecular weight is 537 g/mol. The standard InChI is InChI=1S/C34H36N2O4/c37-29(24-40-33-8-4-7-32-31(33)13-17-35-32)23-36-18-15-34(38,16-19-36)28-11-9-27-22-30(12-10-26(27)21-28)39-20-14-25-5-2-1-3-6-25/h1-13,17,21-22,29,35,37-38H,14-16,18-20,23-24H2/t29-/m0/s1. The van der Waals surface area contributed by atoms with Crippen molar-refractivity contribution in [3.63, 3.8) is 0 Å². The predicted octanol–water partition coefficient (Wildman–Crippen LogP) is 5.67. The van der Waals surface area contributed by atoms with Crippen molar-refractivity contribution in [3.8, 4) is 11.5 Å². The average Bonchev–Trinajstić information content (AvgIpc) is 3.47. The van der Waals surface area contributed by atoms with Gasteiger partial charge in [-0.25, -0.2) is 0 Å². The summed E-state index contributed by atoms with van der Waals surface area (Å²) in [6.45, 7) is 2.81. The van der Waals surface area contributed by atoms with E-state index in [-0.39, 0.29) is 6.61 Å². The van der Waals surface area contributed by atoms with E-state index in [0.29, 0.717) is 39.1 Å². The minimum atomic E-state index is -0.874. The van der Waals surface area contributed by atoms with Crippen LogP contribution in [0.4, 0.5) is 0 Å². The van der Waals surface area contributed by atoms with E-state index in [4.69, 9.17) is 9.47 Å². The van der Waals surface area contributed by atoms with E-state index < -0.39 is 11.7 Å². The summed E-state index contributed by atoms with van der Waals surface area (Å²) in [5.74, 6) is 1.63. The third-order valence-electron chi connectivity index (χ3n) is 7.99. The van der Waals surface area contributed by atoms with Crippen molar-refractivity contribution in [3.05, 3.63) is 108 Å². The van der Waals surface area contributed by atoms with Gasteiger partial charge in [-0.05, 0) is 71.1 Å². The van der Waals surface area contributed by atoms with Crippen LogP contribution < -0.4 is 9.47 Å². The third kappa shape index (κ3) is 5.99. The molecule has 4 aromatic carbocycles. The fourth-order valence-electron chi connectivity index (χ4n) is 5.65. The first-order chi connectivity index (χ1) is 19.6. The number of hydrogen-bond donors (Lipinski definition) is 3. The molecule has 1 aromatic heterocycles. The van der Waals surface area contributed by atoms with Gasteiger partial charge in [0.2, 0.25) is 0 Å². The van der Waals surface area contributed by atoms with Gasteiger partial charge in [-0.2, -0.15) is 0 Å². The predicted molar refractivity (Wildman–Crippen MR) is 159 cm³/mol. The number of nitrogens with one attached hydrogen (secondary N) is 1. The van der Waals surface area contributed by atoms with Gasteiger partial charge in [0.05, 0.1) is 12.2 Å². The number of ether oxygens (including phenoxy) is 2. The Morgan fingerprint density at radius 2 is 1.65 bits per heavy atom. The molecule has 6 nitrogen and oxygen atoms in total. The molecule has 0 spiro atoms. The normalized spacial score (nSPS) is 16.2. The third-order valence-corrected chi connectivity index (χ3v) is 7.99. The van der Waals surface area contributed by atoms with Gasteiger partial charge >= 0.3 is 0 Å². The highest BCUT2D eigenvalue weighted by Crippen LogP contribution is 2.35. The van der Waals surface area contributed by atoms with Gasteiger partial charge in [-0.1, -0.05) is 54.6 Å². The molecule has 6 rings (SSSR count). The number of fused-ring (bicyclic) bond motifs is 2.